The molecule has 7 heteroatoms. The van der Waals surface area contributed by atoms with E-state index < -0.39 is 0 Å². The Balaban J connectivity index is 1.27. The van der Waals surface area contributed by atoms with E-state index >= 15 is 0 Å². The van der Waals surface area contributed by atoms with Crippen molar-refractivity contribution in [3.63, 3.8) is 0 Å². The van der Waals surface area contributed by atoms with E-state index in [4.69, 9.17) is 0 Å². The standard InChI is InChI=1S/C24H23FN4O2/c25-19-9-7-17(8-10-19)21-11-12-24(31)29(28-21)15-3-6-23(30)26-14-13-18-16-27-22-5-2-1-4-20(18)22/h1-2,4-5,7-12,16,27H,3,6,13-15H2,(H,26,30). The summed E-state index contributed by atoms with van der Waals surface area (Å²) >= 11 is 0. The lowest BCUT2D eigenvalue weighted by atomic mass is 10.1. The number of hydrogen-bond acceptors (Lipinski definition) is 3. The van der Waals surface area contributed by atoms with Crippen LogP contribution in [0.15, 0.2) is 71.7 Å². The van der Waals surface area contributed by atoms with Crippen molar-refractivity contribution in [2.24, 2.45) is 0 Å². The number of carbonyl (C=O) groups is 1. The lowest BCUT2D eigenvalue weighted by Gasteiger charge is -2.08. The molecule has 0 aliphatic heterocycles. The number of benzene rings is 2. The number of rotatable bonds is 8. The topological polar surface area (TPSA) is 79.8 Å². The molecule has 2 aromatic carbocycles. The molecule has 0 unspecified atom stereocenters. The number of aromatic nitrogens is 3. The number of para-hydroxylation sites is 1. The Morgan fingerprint density at radius 3 is 2.71 bits per heavy atom. The van der Waals surface area contributed by atoms with E-state index in [-0.39, 0.29) is 17.3 Å². The van der Waals surface area contributed by atoms with Gasteiger partial charge in [-0.2, -0.15) is 5.10 Å². The van der Waals surface area contributed by atoms with E-state index in [9.17, 15) is 14.0 Å². The minimum Gasteiger partial charge on any atom is -0.361 e. The van der Waals surface area contributed by atoms with Crippen molar-refractivity contribution in [3.8, 4) is 11.3 Å². The first-order chi connectivity index (χ1) is 15.1. The SMILES string of the molecule is O=C(CCCn1nc(-c2ccc(F)cc2)ccc1=O)NCCc1c[nH]c2ccccc12. The van der Waals surface area contributed by atoms with Gasteiger partial charge in [-0.1, -0.05) is 18.2 Å². The molecule has 4 rings (SSSR count). The van der Waals surface area contributed by atoms with Crippen LogP contribution in [0, 0.1) is 5.82 Å². The molecule has 1 amide bonds. The molecule has 0 bridgehead atoms. The Morgan fingerprint density at radius 2 is 1.87 bits per heavy atom. The second kappa shape index (κ2) is 9.38. The minimum absolute atomic E-state index is 0.0532. The maximum absolute atomic E-state index is 13.1. The van der Waals surface area contributed by atoms with Gasteiger partial charge < -0.3 is 10.3 Å². The normalized spacial score (nSPS) is 11.0. The van der Waals surface area contributed by atoms with Crippen LogP contribution in [-0.4, -0.2) is 27.2 Å². The Bertz CT molecular complexity index is 1240. The number of fused-ring (bicyclic) bond motifs is 1. The van der Waals surface area contributed by atoms with Crippen LogP contribution in [0.3, 0.4) is 0 Å². The van der Waals surface area contributed by atoms with E-state index in [0.29, 0.717) is 31.6 Å². The summed E-state index contributed by atoms with van der Waals surface area (Å²) in [4.78, 5) is 27.5. The number of aromatic amines is 1. The number of hydrogen-bond donors (Lipinski definition) is 2. The zero-order valence-electron chi connectivity index (χ0n) is 17.0. The van der Waals surface area contributed by atoms with E-state index in [0.717, 1.165) is 17.5 Å². The molecule has 0 radical (unpaired) electrons. The fourth-order valence-corrected chi connectivity index (χ4v) is 3.54. The van der Waals surface area contributed by atoms with Gasteiger partial charge in [-0.25, -0.2) is 9.07 Å². The van der Waals surface area contributed by atoms with Crippen LogP contribution in [0.2, 0.25) is 0 Å². The summed E-state index contributed by atoms with van der Waals surface area (Å²) in [5, 5.41) is 8.44. The van der Waals surface area contributed by atoms with Gasteiger partial charge >= 0.3 is 0 Å². The zero-order chi connectivity index (χ0) is 21.6. The molecule has 0 aliphatic carbocycles. The van der Waals surface area contributed by atoms with Crippen molar-refractivity contribution >= 4 is 16.8 Å². The van der Waals surface area contributed by atoms with Crippen LogP contribution in [0.4, 0.5) is 4.39 Å². The third kappa shape index (κ3) is 5.06. The van der Waals surface area contributed by atoms with Gasteiger partial charge in [0.05, 0.1) is 5.69 Å². The van der Waals surface area contributed by atoms with Crippen molar-refractivity contribution in [1.29, 1.82) is 0 Å². The predicted octanol–water partition coefficient (Wildman–Crippen LogP) is 3.67. The van der Waals surface area contributed by atoms with Crippen LogP contribution in [0.1, 0.15) is 18.4 Å². The van der Waals surface area contributed by atoms with Gasteiger partial charge in [0, 0.05) is 48.2 Å². The van der Waals surface area contributed by atoms with Crippen LogP contribution < -0.4 is 10.9 Å². The minimum atomic E-state index is -0.326. The monoisotopic (exact) mass is 418 g/mol. The van der Waals surface area contributed by atoms with Gasteiger partial charge in [0.25, 0.3) is 5.56 Å². The molecule has 2 aromatic heterocycles. The van der Waals surface area contributed by atoms with Gasteiger partial charge in [0.1, 0.15) is 5.82 Å². The Kier molecular flexibility index (Phi) is 6.21. The average Bonchev–Trinajstić information content (AvgIpc) is 3.19. The average molecular weight is 418 g/mol. The van der Waals surface area contributed by atoms with Gasteiger partial charge in [-0.15, -0.1) is 0 Å². The molecule has 6 nitrogen and oxygen atoms in total. The van der Waals surface area contributed by atoms with Crippen molar-refractivity contribution in [1.82, 2.24) is 20.1 Å². The molecule has 2 heterocycles. The Hall–Kier alpha value is -3.74. The zero-order valence-corrected chi connectivity index (χ0v) is 17.0. The molecular formula is C24H23FN4O2. The smallest absolute Gasteiger partial charge is 0.266 e. The maximum Gasteiger partial charge on any atom is 0.266 e. The summed E-state index contributed by atoms with van der Waals surface area (Å²) in [6.45, 7) is 0.892. The van der Waals surface area contributed by atoms with Crippen LogP contribution >= 0.6 is 0 Å². The van der Waals surface area contributed by atoms with E-state index in [1.165, 1.54) is 33.8 Å². The Morgan fingerprint density at radius 1 is 1.06 bits per heavy atom. The fourth-order valence-electron chi connectivity index (χ4n) is 3.54. The van der Waals surface area contributed by atoms with Crippen molar-refractivity contribution in [3.05, 3.63) is 88.6 Å². The number of nitrogens with zero attached hydrogens (tertiary/aromatic N) is 2. The lowest BCUT2D eigenvalue weighted by Crippen LogP contribution is -2.27. The van der Waals surface area contributed by atoms with Crippen molar-refractivity contribution in [2.75, 3.05) is 6.54 Å². The molecule has 0 saturated carbocycles. The summed E-state index contributed by atoms with van der Waals surface area (Å²) in [5.41, 5.74) is 3.34. The van der Waals surface area contributed by atoms with Gasteiger partial charge in [-0.05, 0) is 54.8 Å². The first kappa shape index (κ1) is 20.5. The highest BCUT2D eigenvalue weighted by Crippen LogP contribution is 2.18. The largest absolute Gasteiger partial charge is 0.361 e. The van der Waals surface area contributed by atoms with Gasteiger partial charge in [0.2, 0.25) is 5.91 Å². The number of H-pyrrole nitrogens is 1. The summed E-state index contributed by atoms with van der Waals surface area (Å²) < 4.78 is 14.5. The lowest BCUT2D eigenvalue weighted by molar-refractivity contribution is -0.121. The summed E-state index contributed by atoms with van der Waals surface area (Å²) in [5.74, 6) is -0.379. The van der Waals surface area contributed by atoms with Crippen LogP contribution in [-0.2, 0) is 17.8 Å². The first-order valence-electron chi connectivity index (χ1n) is 10.3. The number of nitrogens with one attached hydrogen (secondary N) is 2. The number of carbonyl (C=O) groups excluding carboxylic acids is 1. The van der Waals surface area contributed by atoms with Crippen molar-refractivity contribution < 1.29 is 9.18 Å². The molecule has 31 heavy (non-hydrogen) atoms. The third-order valence-corrected chi connectivity index (χ3v) is 5.17. The quantitative estimate of drug-likeness (QED) is 0.458. The molecular weight excluding hydrogens is 395 g/mol. The molecule has 2 N–H and O–H groups in total. The molecule has 0 spiro atoms. The number of halogens is 1. The summed E-state index contributed by atoms with van der Waals surface area (Å²) in [6.07, 6.45) is 3.53. The maximum atomic E-state index is 13.1. The second-order valence-electron chi connectivity index (χ2n) is 7.35. The first-order valence-corrected chi connectivity index (χ1v) is 10.3. The van der Waals surface area contributed by atoms with E-state index in [1.807, 2.05) is 24.4 Å². The molecule has 0 atom stereocenters. The second-order valence-corrected chi connectivity index (χ2v) is 7.35. The highest BCUT2D eigenvalue weighted by atomic mass is 19.1. The fraction of sp³-hybridized carbons (Fsp3) is 0.208. The van der Waals surface area contributed by atoms with Gasteiger partial charge in [0.15, 0.2) is 0 Å². The summed E-state index contributed by atoms with van der Waals surface area (Å²) in [6, 6.07) is 17.1. The Labute approximate surface area is 178 Å². The van der Waals surface area contributed by atoms with E-state index in [2.05, 4.69) is 21.5 Å². The molecule has 0 aliphatic rings. The van der Waals surface area contributed by atoms with Crippen LogP contribution in [0.5, 0.6) is 0 Å². The molecule has 158 valence electrons. The molecule has 0 fully saturated rings. The molecule has 4 aromatic rings. The van der Waals surface area contributed by atoms with Crippen LogP contribution in [0.25, 0.3) is 22.2 Å². The predicted molar refractivity (Wildman–Crippen MR) is 118 cm³/mol. The number of amides is 1. The van der Waals surface area contributed by atoms with Gasteiger partial charge in [-0.3, -0.25) is 9.59 Å². The third-order valence-electron chi connectivity index (χ3n) is 5.17. The highest BCUT2D eigenvalue weighted by Gasteiger charge is 2.07. The van der Waals surface area contributed by atoms with Crippen molar-refractivity contribution in [2.45, 2.75) is 25.8 Å². The summed E-state index contributed by atoms with van der Waals surface area (Å²) in [7, 11) is 0. The van der Waals surface area contributed by atoms with E-state index in [1.54, 1.807) is 18.2 Å². The highest BCUT2D eigenvalue weighted by molar-refractivity contribution is 5.83. The molecule has 0 saturated heterocycles. The number of aryl methyl sites for hydroxylation is 1.